The first-order valence-corrected chi connectivity index (χ1v) is 12.5. The number of hydrogen-bond donors (Lipinski definition) is 2. The van der Waals surface area contributed by atoms with Crippen LogP contribution in [0.25, 0.3) is 10.9 Å². The van der Waals surface area contributed by atoms with E-state index in [1.165, 1.54) is 47.0 Å². The molecular formula is C29H32N4O. The number of benzene rings is 2. The number of pyridine rings is 1. The summed E-state index contributed by atoms with van der Waals surface area (Å²) in [4.78, 5) is 10.2. The summed E-state index contributed by atoms with van der Waals surface area (Å²) in [5.41, 5.74) is 7.16. The molecule has 1 aliphatic heterocycles. The second-order valence-electron chi connectivity index (χ2n) is 9.87. The minimum atomic E-state index is -0.0721. The highest BCUT2D eigenvalue weighted by atomic mass is 16.5. The first-order valence-electron chi connectivity index (χ1n) is 12.5. The number of aromatic nitrogens is 2. The predicted molar refractivity (Wildman–Crippen MR) is 139 cm³/mol. The van der Waals surface area contributed by atoms with Crippen LogP contribution in [-0.4, -0.2) is 28.7 Å². The van der Waals surface area contributed by atoms with Crippen LogP contribution >= 0.6 is 0 Å². The molecule has 1 saturated carbocycles. The molecule has 2 aromatic carbocycles. The van der Waals surface area contributed by atoms with Gasteiger partial charge in [-0.25, -0.2) is 0 Å². The molecule has 4 aromatic rings. The fourth-order valence-corrected chi connectivity index (χ4v) is 5.72. The van der Waals surface area contributed by atoms with Crippen molar-refractivity contribution in [2.45, 2.75) is 51.0 Å². The molecule has 2 aliphatic rings. The van der Waals surface area contributed by atoms with E-state index < -0.39 is 0 Å². The number of aryl methyl sites for hydroxylation is 1. The SMILES string of the molecule is Cc1cccc2c(CCN3CC4(CCCCC4)Oc4cc(Nc5ccncc5)ccc43)c[nH]c12. The van der Waals surface area contributed by atoms with Gasteiger partial charge in [0, 0.05) is 53.5 Å². The smallest absolute Gasteiger partial charge is 0.145 e. The molecule has 2 aromatic heterocycles. The van der Waals surface area contributed by atoms with Crippen LogP contribution in [0.5, 0.6) is 5.75 Å². The van der Waals surface area contributed by atoms with E-state index >= 15 is 0 Å². The van der Waals surface area contributed by atoms with E-state index in [2.05, 4.69) is 69.7 Å². The van der Waals surface area contributed by atoms with Crippen LogP contribution in [0.15, 0.2) is 67.1 Å². The maximum Gasteiger partial charge on any atom is 0.145 e. The van der Waals surface area contributed by atoms with Crippen molar-refractivity contribution in [2.75, 3.05) is 23.3 Å². The quantitative estimate of drug-likeness (QED) is 0.351. The van der Waals surface area contributed by atoms with Crippen molar-refractivity contribution < 1.29 is 4.74 Å². The van der Waals surface area contributed by atoms with Crippen LogP contribution in [0.1, 0.15) is 43.2 Å². The van der Waals surface area contributed by atoms with E-state index in [4.69, 9.17) is 4.74 Å². The van der Waals surface area contributed by atoms with Crippen molar-refractivity contribution in [1.82, 2.24) is 9.97 Å². The van der Waals surface area contributed by atoms with E-state index in [9.17, 15) is 0 Å². The highest BCUT2D eigenvalue weighted by Crippen LogP contribution is 2.44. The van der Waals surface area contributed by atoms with Crippen molar-refractivity contribution in [3.05, 3.63) is 78.2 Å². The summed E-state index contributed by atoms with van der Waals surface area (Å²) >= 11 is 0. The summed E-state index contributed by atoms with van der Waals surface area (Å²) in [7, 11) is 0. The van der Waals surface area contributed by atoms with Crippen LogP contribution in [-0.2, 0) is 6.42 Å². The zero-order valence-electron chi connectivity index (χ0n) is 19.8. The van der Waals surface area contributed by atoms with Crippen LogP contribution < -0.4 is 15.0 Å². The first-order chi connectivity index (χ1) is 16.7. The summed E-state index contributed by atoms with van der Waals surface area (Å²) in [6, 6.07) is 17.1. The third-order valence-corrected chi connectivity index (χ3v) is 7.50. The van der Waals surface area contributed by atoms with Gasteiger partial charge in [-0.15, -0.1) is 0 Å². The second kappa shape index (κ2) is 8.71. The lowest BCUT2D eigenvalue weighted by atomic mass is 9.83. The standard InChI is InChI=1S/C29H32N4O/c1-21-6-5-7-25-22(19-31-28(21)25)12-17-33-20-29(13-3-2-4-14-29)34-27-18-24(8-9-26(27)33)32-23-10-15-30-16-11-23/h5-11,15-16,18-19,31H,2-4,12-14,17,20H2,1H3,(H,30,32). The number of nitrogens with zero attached hydrogens (tertiary/aromatic N) is 2. The van der Waals surface area contributed by atoms with Crippen LogP contribution in [0.2, 0.25) is 0 Å². The molecule has 174 valence electrons. The Morgan fingerprint density at radius 3 is 2.74 bits per heavy atom. The van der Waals surface area contributed by atoms with Gasteiger partial charge in [-0.05, 0) is 74.4 Å². The van der Waals surface area contributed by atoms with Gasteiger partial charge in [-0.1, -0.05) is 24.6 Å². The van der Waals surface area contributed by atoms with Gasteiger partial charge >= 0.3 is 0 Å². The zero-order valence-corrected chi connectivity index (χ0v) is 19.8. The Labute approximate surface area is 201 Å². The van der Waals surface area contributed by atoms with E-state index in [1.807, 2.05) is 24.5 Å². The molecule has 34 heavy (non-hydrogen) atoms. The second-order valence-corrected chi connectivity index (χ2v) is 9.87. The van der Waals surface area contributed by atoms with Gasteiger partial charge in [0.25, 0.3) is 0 Å². The van der Waals surface area contributed by atoms with Gasteiger partial charge in [0.2, 0.25) is 0 Å². The van der Waals surface area contributed by atoms with Gasteiger partial charge < -0.3 is 19.9 Å². The number of nitrogens with one attached hydrogen (secondary N) is 2. The van der Waals surface area contributed by atoms with Crippen molar-refractivity contribution in [3.8, 4) is 5.75 Å². The number of H-pyrrole nitrogens is 1. The number of hydrogen-bond acceptors (Lipinski definition) is 4. The molecule has 0 bridgehead atoms. The molecule has 0 atom stereocenters. The monoisotopic (exact) mass is 452 g/mol. The molecule has 3 heterocycles. The highest BCUT2D eigenvalue weighted by Gasteiger charge is 2.40. The Morgan fingerprint density at radius 1 is 1.03 bits per heavy atom. The number of aromatic amines is 1. The molecule has 0 amide bonds. The lowest BCUT2D eigenvalue weighted by Gasteiger charge is -2.46. The third kappa shape index (κ3) is 4.00. The number of rotatable bonds is 5. The minimum absolute atomic E-state index is 0.0721. The van der Waals surface area contributed by atoms with E-state index in [-0.39, 0.29) is 5.60 Å². The molecule has 1 fully saturated rings. The Kier molecular flexibility index (Phi) is 5.40. The Bertz CT molecular complexity index is 1290. The maximum absolute atomic E-state index is 6.79. The Balaban J connectivity index is 1.29. The fraction of sp³-hybridized carbons (Fsp3) is 0.345. The number of para-hydroxylation sites is 1. The van der Waals surface area contributed by atoms with Crippen LogP contribution in [0.4, 0.5) is 17.1 Å². The van der Waals surface area contributed by atoms with E-state index in [1.54, 1.807) is 0 Å². The molecule has 5 heteroatoms. The zero-order chi connectivity index (χ0) is 23.0. The number of fused-ring (bicyclic) bond motifs is 2. The fourth-order valence-electron chi connectivity index (χ4n) is 5.72. The van der Waals surface area contributed by atoms with Crippen molar-refractivity contribution in [2.24, 2.45) is 0 Å². The summed E-state index contributed by atoms with van der Waals surface area (Å²) in [5, 5.41) is 4.84. The molecule has 0 saturated heterocycles. The molecule has 0 radical (unpaired) electrons. The molecule has 6 rings (SSSR count). The summed E-state index contributed by atoms with van der Waals surface area (Å²) in [5.74, 6) is 1.00. The average Bonchev–Trinajstić information content (AvgIpc) is 3.28. The van der Waals surface area contributed by atoms with E-state index in [0.717, 1.165) is 49.5 Å². The first kappa shape index (κ1) is 21.1. The molecular weight excluding hydrogens is 420 g/mol. The van der Waals surface area contributed by atoms with Gasteiger partial charge in [-0.3, -0.25) is 4.98 Å². The normalized spacial score (nSPS) is 16.9. The van der Waals surface area contributed by atoms with Crippen molar-refractivity contribution in [1.29, 1.82) is 0 Å². The van der Waals surface area contributed by atoms with Crippen LogP contribution in [0, 0.1) is 6.92 Å². The Hall–Kier alpha value is -3.47. The van der Waals surface area contributed by atoms with E-state index in [0.29, 0.717) is 0 Å². The van der Waals surface area contributed by atoms with Crippen molar-refractivity contribution >= 4 is 28.0 Å². The summed E-state index contributed by atoms with van der Waals surface area (Å²) in [6.45, 7) is 4.12. The molecule has 1 aliphatic carbocycles. The average molecular weight is 453 g/mol. The van der Waals surface area contributed by atoms with Gasteiger partial charge in [0.05, 0.1) is 12.2 Å². The summed E-state index contributed by atoms with van der Waals surface area (Å²) < 4.78 is 6.79. The highest BCUT2D eigenvalue weighted by molar-refractivity contribution is 5.86. The van der Waals surface area contributed by atoms with Crippen molar-refractivity contribution in [3.63, 3.8) is 0 Å². The van der Waals surface area contributed by atoms with Gasteiger partial charge in [-0.2, -0.15) is 0 Å². The molecule has 1 spiro atoms. The van der Waals surface area contributed by atoms with Crippen LogP contribution in [0.3, 0.4) is 0 Å². The predicted octanol–water partition coefficient (Wildman–Crippen LogP) is 6.76. The third-order valence-electron chi connectivity index (χ3n) is 7.50. The lowest BCUT2D eigenvalue weighted by Crippen LogP contribution is -2.52. The van der Waals surface area contributed by atoms with Gasteiger partial charge in [0.15, 0.2) is 0 Å². The summed E-state index contributed by atoms with van der Waals surface area (Å²) in [6.07, 6.45) is 12.9. The molecule has 2 N–H and O–H groups in total. The number of ether oxygens (including phenoxy) is 1. The molecule has 0 unspecified atom stereocenters. The molecule has 5 nitrogen and oxygen atoms in total. The largest absolute Gasteiger partial charge is 0.483 e. The Morgan fingerprint density at radius 2 is 1.88 bits per heavy atom. The lowest BCUT2D eigenvalue weighted by molar-refractivity contribution is 0.0286. The maximum atomic E-state index is 6.79. The minimum Gasteiger partial charge on any atom is -0.483 e. The topological polar surface area (TPSA) is 53.2 Å². The number of anilines is 3. The van der Waals surface area contributed by atoms with Gasteiger partial charge in [0.1, 0.15) is 11.4 Å².